The number of carbonyl (C=O) groups is 1. The van der Waals surface area contributed by atoms with E-state index in [2.05, 4.69) is 31.4 Å². The van der Waals surface area contributed by atoms with Gasteiger partial charge in [0.15, 0.2) is 5.69 Å². The number of rotatable bonds is 6. The van der Waals surface area contributed by atoms with Crippen molar-refractivity contribution in [2.24, 2.45) is 0 Å². The van der Waals surface area contributed by atoms with Gasteiger partial charge in [-0.2, -0.15) is 23.4 Å². The van der Waals surface area contributed by atoms with Gasteiger partial charge in [0.25, 0.3) is 5.91 Å². The van der Waals surface area contributed by atoms with Gasteiger partial charge in [0.2, 0.25) is 0 Å². The van der Waals surface area contributed by atoms with Crippen molar-refractivity contribution >= 4 is 21.8 Å². The summed E-state index contributed by atoms with van der Waals surface area (Å²) < 4.78 is 41.2. The number of aromatic nitrogens is 4. The molecule has 0 saturated carbocycles. The van der Waals surface area contributed by atoms with Crippen molar-refractivity contribution in [1.29, 1.82) is 0 Å². The number of halogens is 4. The molecule has 24 heavy (non-hydrogen) atoms. The molecule has 0 unspecified atom stereocenters. The van der Waals surface area contributed by atoms with Gasteiger partial charge in [0, 0.05) is 25.3 Å². The van der Waals surface area contributed by atoms with E-state index in [9.17, 15) is 18.0 Å². The molecular formula is C14H17BrF3N5O. The van der Waals surface area contributed by atoms with Crippen LogP contribution in [0.25, 0.3) is 0 Å². The maximum Gasteiger partial charge on any atom is 0.435 e. The van der Waals surface area contributed by atoms with Crippen LogP contribution in [0.1, 0.15) is 35.2 Å². The van der Waals surface area contributed by atoms with Gasteiger partial charge < -0.3 is 5.32 Å². The van der Waals surface area contributed by atoms with E-state index >= 15 is 0 Å². The lowest BCUT2D eigenvalue weighted by Gasteiger charge is -2.08. The second-order valence-electron chi connectivity index (χ2n) is 5.16. The predicted octanol–water partition coefficient (Wildman–Crippen LogP) is 3.01. The average Bonchev–Trinajstić information content (AvgIpc) is 3.06. The van der Waals surface area contributed by atoms with Crippen molar-refractivity contribution in [2.45, 2.75) is 39.5 Å². The lowest BCUT2D eigenvalue weighted by molar-refractivity contribution is -0.141. The molecule has 0 atom stereocenters. The minimum Gasteiger partial charge on any atom is -0.351 e. The minimum absolute atomic E-state index is 0.283. The number of carbonyl (C=O) groups excluding carboxylic acids is 1. The normalized spacial score (nSPS) is 11.8. The van der Waals surface area contributed by atoms with E-state index < -0.39 is 11.9 Å². The Morgan fingerprint density at radius 3 is 2.67 bits per heavy atom. The Bertz CT molecular complexity index is 723. The highest BCUT2D eigenvalue weighted by atomic mass is 79.9. The summed E-state index contributed by atoms with van der Waals surface area (Å²) in [6.45, 7) is 4.60. The Morgan fingerprint density at radius 1 is 1.38 bits per heavy atom. The first-order valence-corrected chi connectivity index (χ1v) is 8.14. The summed E-state index contributed by atoms with van der Waals surface area (Å²) in [6, 6.07) is 1.01. The average molecular weight is 408 g/mol. The SMILES string of the molecule is CCn1ncc(Br)c1C(=O)NCCCn1nc(C(F)(F)F)cc1C. The van der Waals surface area contributed by atoms with Gasteiger partial charge in [-0.1, -0.05) is 0 Å². The number of nitrogens with one attached hydrogen (secondary N) is 1. The van der Waals surface area contributed by atoms with Crippen LogP contribution in [-0.4, -0.2) is 32.0 Å². The van der Waals surface area contributed by atoms with Crippen LogP contribution in [0, 0.1) is 6.92 Å². The third kappa shape index (κ3) is 4.16. The first-order valence-electron chi connectivity index (χ1n) is 7.35. The largest absolute Gasteiger partial charge is 0.435 e. The molecule has 1 amide bonds. The third-order valence-electron chi connectivity index (χ3n) is 3.41. The maximum absolute atomic E-state index is 12.6. The summed E-state index contributed by atoms with van der Waals surface area (Å²) in [4.78, 5) is 12.1. The fourth-order valence-corrected chi connectivity index (χ4v) is 2.69. The molecule has 0 saturated heterocycles. The topological polar surface area (TPSA) is 64.7 Å². The second kappa shape index (κ2) is 7.37. The van der Waals surface area contributed by atoms with Gasteiger partial charge in [-0.25, -0.2) is 0 Å². The Kier molecular flexibility index (Phi) is 5.68. The zero-order valence-corrected chi connectivity index (χ0v) is 14.8. The van der Waals surface area contributed by atoms with Crippen LogP contribution in [-0.2, 0) is 19.3 Å². The molecule has 0 spiro atoms. The predicted molar refractivity (Wildman–Crippen MR) is 84.5 cm³/mol. The van der Waals surface area contributed by atoms with E-state index in [-0.39, 0.29) is 12.5 Å². The number of nitrogens with zero attached hydrogens (tertiary/aromatic N) is 4. The van der Waals surface area contributed by atoms with Crippen LogP contribution in [0.3, 0.4) is 0 Å². The van der Waals surface area contributed by atoms with Gasteiger partial charge >= 0.3 is 6.18 Å². The van der Waals surface area contributed by atoms with Crippen molar-refractivity contribution in [3.63, 3.8) is 0 Å². The van der Waals surface area contributed by atoms with Crippen LogP contribution < -0.4 is 5.32 Å². The van der Waals surface area contributed by atoms with Crippen molar-refractivity contribution in [1.82, 2.24) is 24.9 Å². The Hall–Kier alpha value is -1.84. The van der Waals surface area contributed by atoms with E-state index in [0.29, 0.717) is 35.4 Å². The van der Waals surface area contributed by atoms with Crippen molar-refractivity contribution in [3.8, 4) is 0 Å². The number of aryl methyl sites for hydroxylation is 3. The molecule has 2 rings (SSSR count). The lowest BCUT2D eigenvalue weighted by Crippen LogP contribution is -2.28. The Morgan fingerprint density at radius 2 is 2.08 bits per heavy atom. The van der Waals surface area contributed by atoms with E-state index in [1.54, 1.807) is 17.8 Å². The molecule has 0 aliphatic carbocycles. The monoisotopic (exact) mass is 407 g/mol. The van der Waals surface area contributed by atoms with Gasteiger partial charge in [0.05, 0.1) is 10.7 Å². The van der Waals surface area contributed by atoms with E-state index in [1.165, 1.54) is 4.68 Å². The summed E-state index contributed by atoms with van der Waals surface area (Å²) in [5, 5.41) is 10.3. The smallest absolute Gasteiger partial charge is 0.351 e. The Balaban J connectivity index is 1.88. The van der Waals surface area contributed by atoms with Crippen LogP contribution in [0.4, 0.5) is 13.2 Å². The second-order valence-corrected chi connectivity index (χ2v) is 6.01. The fraction of sp³-hybridized carbons (Fsp3) is 0.500. The number of alkyl halides is 3. The molecule has 0 bridgehead atoms. The summed E-state index contributed by atoms with van der Waals surface area (Å²) in [5.74, 6) is -0.283. The van der Waals surface area contributed by atoms with Crippen molar-refractivity contribution < 1.29 is 18.0 Å². The summed E-state index contributed by atoms with van der Waals surface area (Å²) in [6.07, 6.45) is -2.44. The summed E-state index contributed by atoms with van der Waals surface area (Å²) >= 11 is 3.27. The highest BCUT2D eigenvalue weighted by Gasteiger charge is 2.34. The fourth-order valence-electron chi connectivity index (χ4n) is 2.22. The summed E-state index contributed by atoms with van der Waals surface area (Å²) in [7, 11) is 0. The maximum atomic E-state index is 12.6. The molecule has 0 radical (unpaired) electrons. The molecule has 132 valence electrons. The molecule has 0 aromatic carbocycles. The molecule has 2 aromatic rings. The summed E-state index contributed by atoms with van der Waals surface area (Å²) in [5.41, 5.74) is -0.0487. The van der Waals surface area contributed by atoms with E-state index in [4.69, 9.17) is 0 Å². The van der Waals surface area contributed by atoms with Crippen molar-refractivity contribution in [2.75, 3.05) is 6.54 Å². The van der Waals surface area contributed by atoms with Crippen LogP contribution >= 0.6 is 15.9 Å². The van der Waals surface area contributed by atoms with Gasteiger partial charge in [-0.15, -0.1) is 0 Å². The zero-order chi connectivity index (χ0) is 17.9. The molecular weight excluding hydrogens is 391 g/mol. The minimum atomic E-state index is -4.45. The number of amides is 1. The first kappa shape index (κ1) is 18.5. The third-order valence-corrected chi connectivity index (χ3v) is 3.99. The quantitative estimate of drug-likeness (QED) is 0.748. The molecule has 1 N–H and O–H groups in total. The highest BCUT2D eigenvalue weighted by molar-refractivity contribution is 9.10. The van der Waals surface area contributed by atoms with Crippen LogP contribution in [0.5, 0.6) is 0 Å². The zero-order valence-electron chi connectivity index (χ0n) is 13.2. The van der Waals surface area contributed by atoms with Gasteiger partial charge in [-0.3, -0.25) is 14.2 Å². The van der Waals surface area contributed by atoms with Crippen LogP contribution in [0.15, 0.2) is 16.7 Å². The van der Waals surface area contributed by atoms with Gasteiger partial charge in [0.1, 0.15) is 5.69 Å². The molecule has 0 aliphatic heterocycles. The van der Waals surface area contributed by atoms with Gasteiger partial charge in [-0.05, 0) is 42.3 Å². The Labute approximate surface area is 145 Å². The molecule has 2 aromatic heterocycles. The first-order chi connectivity index (χ1) is 11.2. The molecule has 0 fully saturated rings. The number of hydrogen-bond acceptors (Lipinski definition) is 3. The van der Waals surface area contributed by atoms with E-state index in [1.807, 2.05) is 6.92 Å². The van der Waals surface area contributed by atoms with E-state index in [0.717, 1.165) is 6.07 Å². The lowest BCUT2D eigenvalue weighted by atomic mass is 10.3. The molecule has 0 aliphatic rings. The standard InChI is InChI=1S/C14H17BrF3N5O/c1-3-22-12(10(15)8-20-22)13(24)19-5-4-6-23-9(2)7-11(21-23)14(16,17)18/h7-8H,3-6H2,1-2H3,(H,19,24). The molecule has 6 nitrogen and oxygen atoms in total. The number of hydrogen-bond donors (Lipinski definition) is 1. The highest BCUT2D eigenvalue weighted by Crippen LogP contribution is 2.28. The van der Waals surface area contributed by atoms with Crippen molar-refractivity contribution in [3.05, 3.63) is 33.8 Å². The molecule has 10 heteroatoms. The molecule has 2 heterocycles. The van der Waals surface area contributed by atoms with Crippen LogP contribution in [0.2, 0.25) is 0 Å².